The summed E-state index contributed by atoms with van der Waals surface area (Å²) in [6.07, 6.45) is 4.08. The van der Waals surface area contributed by atoms with Crippen LogP contribution in [0.5, 0.6) is 0 Å². The lowest BCUT2D eigenvalue weighted by molar-refractivity contribution is -0.155. The van der Waals surface area contributed by atoms with E-state index in [1.807, 2.05) is 0 Å². The average Bonchev–Trinajstić information content (AvgIpc) is 3.71. The first-order valence-electron chi connectivity index (χ1n) is 15.6. The zero-order chi connectivity index (χ0) is 33.3. The number of amides is 2. The minimum absolute atomic E-state index is 0.0178. The van der Waals surface area contributed by atoms with E-state index in [1.165, 1.54) is 11.2 Å². The third kappa shape index (κ3) is 9.61. The van der Waals surface area contributed by atoms with Gasteiger partial charge in [-0.25, -0.2) is 4.79 Å². The fraction of sp³-hybridized carbons (Fsp3) is 0.576. The first-order chi connectivity index (χ1) is 22.0. The van der Waals surface area contributed by atoms with Crippen LogP contribution >= 0.6 is 0 Å². The standard InChI is InChI=1S/C33H44N2O11/c1-33(2,3)46-28(38)10-9-24(19-37)34-30(39)25-8-5-12-35(25)31(40)23-17-26-29(44-20-43-26)27(18-23)45-32(41)22-7-4-6-21(16-22)11-14-42-15-13-36/h4,6-7,11,14,16-17,24-27,29,36-37H,5,8-10,12-13,15,18-20H2,1-3H3,(H,34,39)/t24-,25+,26+,27+,29+/m0/s1. The predicted molar refractivity (Wildman–Crippen MR) is 164 cm³/mol. The van der Waals surface area contributed by atoms with E-state index in [4.69, 9.17) is 28.8 Å². The summed E-state index contributed by atoms with van der Waals surface area (Å²) in [6.45, 7) is 5.30. The number of carbonyl (C=O) groups excluding carboxylic acids is 4. The fourth-order valence-electron chi connectivity index (χ4n) is 5.59. The van der Waals surface area contributed by atoms with Gasteiger partial charge in [0.1, 0.15) is 43.4 Å². The number of aliphatic hydroxyl groups is 2. The van der Waals surface area contributed by atoms with E-state index >= 15 is 0 Å². The maximum absolute atomic E-state index is 13.8. The molecule has 5 atom stereocenters. The van der Waals surface area contributed by atoms with Crippen LogP contribution in [0.3, 0.4) is 0 Å². The third-order valence-corrected chi connectivity index (χ3v) is 7.72. The SMILES string of the molecule is CC(C)(C)OC(=O)CC[C@@H](CO)NC(=O)[C@H]1CCCN1C(=O)C1=C[C@H]2OCO[C@H]2[C@H](OC(=O)c2cccc(C=COCCO)c2)C1. The highest BCUT2D eigenvalue weighted by atomic mass is 16.7. The van der Waals surface area contributed by atoms with Crippen LogP contribution in [-0.4, -0.2) is 108 Å². The van der Waals surface area contributed by atoms with Gasteiger partial charge in [-0.2, -0.15) is 0 Å². The normalized spacial score (nSPS) is 23.4. The van der Waals surface area contributed by atoms with E-state index in [-0.39, 0.29) is 51.8 Å². The molecule has 1 aliphatic carbocycles. The topological polar surface area (TPSA) is 170 Å². The Morgan fingerprint density at radius 3 is 2.72 bits per heavy atom. The second-order valence-corrected chi connectivity index (χ2v) is 12.4. The summed E-state index contributed by atoms with van der Waals surface area (Å²) in [5.74, 6) is -1.80. The molecule has 2 aliphatic heterocycles. The average molecular weight is 645 g/mol. The Morgan fingerprint density at radius 2 is 1.98 bits per heavy atom. The van der Waals surface area contributed by atoms with Crippen molar-refractivity contribution in [3.8, 4) is 0 Å². The van der Waals surface area contributed by atoms with Crippen molar-refractivity contribution in [2.24, 2.45) is 0 Å². The number of fused-ring (bicyclic) bond motifs is 1. The molecule has 2 saturated heterocycles. The zero-order valence-corrected chi connectivity index (χ0v) is 26.5. The molecule has 0 bridgehead atoms. The van der Waals surface area contributed by atoms with E-state index < -0.39 is 53.8 Å². The van der Waals surface area contributed by atoms with Crippen molar-refractivity contribution >= 4 is 29.8 Å². The minimum atomic E-state index is -0.808. The van der Waals surface area contributed by atoms with Crippen LogP contribution in [0.15, 0.2) is 42.2 Å². The minimum Gasteiger partial charge on any atom is -0.499 e. The van der Waals surface area contributed by atoms with Crippen LogP contribution < -0.4 is 5.32 Å². The summed E-state index contributed by atoms with van der Waals surface area (Å²) < 4.78 is 27.7. The molecule has 3 aliphatic rings. The summed E-state index contributed by atoms with van der Waals surface area (Å²) >= 11 is 0. The lowest BCUT2D eigenvalue weighted by atomic mass is 9.91. The van der Waals surface area contributed by atoms with Gasteiger partial charge < -0.3 is 44.1 Å². The smallest absolute Gasteiger partial charge is 0.338 e. The Bertz CT molecular complexity index is 1300. The number of benzene rings is 1. The van der Waals surface area contributed by atoms with Crippen molar-refractivity contribution in [1.82, 2.24) is 10.2 Å². The molecule has 1 aromatic carbocycles. The quantitative estimate of drug-likeness (QED) is 0.163. The Balaban J connectivity index is 1.39. The molecule has 2 amide bonds. The lowest BCUT2D eigenvalue weighted by Gasteiger charge is -2.33. The van der Waals surface area contributed by atoms with Gasteiger partial charge in [0, 0.05) is 25.0 Å². The highest BCUT2D eigenvalue weighted by Crippen LogP contribution is 2.33. The predicted octanol–water partition coefficient (Wildman–Crippen LogP) is 1.85. The summed E-state index contributed by atoms with van der Waals surface area (Å²) in [5, 5.41) is 21.5. The van der Waals surface area contributed by atoms with Gasteiger partial charge in [0.05, 0.1) is 31.1 Å². The molecule has 0 saturated carbocycles. The van der Waals surface area contributed by atoms with Crippen molar-refractivity contribution in [2.75, 3.05) is 33.2 Å². The number of carbonyl (C=O) groups is 4. The molecule has 13 heteroatoms. The van der Waals surface area contributed by atoms with Crippen LogP contribution in [0.1, 0.15) is 68.8 Å². The van der Waals surface area contributed by atoms with E-state index in [1.54, 1.807) is 57.2 Å². The second kappa shape index (κ2) is 16.2. The molecule has 2 heterocycles. The number of ether oxygens (including phenoxy) is 5. The van der Waals surface area contributed by atoms with Crippen LogP contribution in [0, 0.1) is 0 Å². The van der Waals surface area contributed by atoms with Gasteiger partial charge in [0.15, 0.2) is 0 Å². The van der Waals surface area contributed by atoms with Gasteiger partial charge >= 0.3 is 11.9 Å². The first-order valence-corrected chi connectivity index (χ1v) is 15.6. The Morgan fingerprint density at radius 1 is 1.17 bits per heavy atom. The van der Waals surface area contributed by atoms with Crippen molar-refractivity contribution in [1.29, 1.82) is 0 Å². The van der Waals surface area contributed by atoms with Gasteiger partial charge in [-0.05, 0) is 69.9 Å². The molecule has 3 N–H and O–H groups in total. The van der Waals surface area contributed by atoms with Gasteiger partial charge in [-0.15, -0.1) is 0 Å². The zero-order valence-electron chi connectivity index (χ0n) is 26.5. The van der Waals surface area contributed by atoms with Gasteiger partial charge in [-0.1, -0.05) is 12.1 Å². The monoisotopic (exact) mass is 644 g/mol. The fourth-order valence-corrected chi connectivity index (χ4v) is 5.59. The van der Waals surface area contributed by atoms with E-state index in [0.29, 0.717) is 36.1 Å². The third-order valence-electron chi connectivity index (χ3n) is 7.72. The molecule has 0 radical (unpaired) electrons. The number of rotatable bonds is 13. The van der Waals surface area contributed by atoms with Crippen molar-refractivity contribution < 1.29 is 53.1 Å². The van der Waals surface area contributed by atoms with Crippen LogP contribution in [0.25, 0.3) is 6.08 Å². The molecule has 46 heavy (non-hydrogen) atoms. The number of hydrogen-bond acceptors (Lipinski definition) is 11. The maximum Gasteiger partial charge on any atom is 0.338 e. The number of esters is 2. The lowest BCUT2D eigenvalue weighted by Crippen LogP contribution is -2.51. The molecule has 4 rings (SSSR count). The summed E-state index contributed by atoms with van der Waals surface area (Å²) in [6, 6.07) is 5.29. The molecule has 0 spiro atoms. The molecular formula is C33H44N2O11. The van der Waals surface area contributed by atoms with Crippen molar-refractivity contribution in [3.63, 3.8) is 0 Å². The Labute approximate surface area is 268 Å². The largest absolute Gasteiger partial charge is 0.499 e. The van der Waals surface area contributed by atoms with Crippen LogP contribution in [-0.2, 0) is 38.1 Å². The van der Waals surface area contributed by atoms with E-state index in [0.717, 1.165) is 0 Å². The van der Waals surface area contributed by atoms with Gasteiger partial charge in [-0.3, -0.25) is 14.4 Å². The molecule has 13 nitrogen and oxygen atoms in total. The van der Waals surface area contributed by atoms with Crippen molar-refractivity contribution in [2.45, 2.75) is 88.9 Å². The van der Waals surface area contributed by atoms with Gasteiger partial charge in [0.2, 0.25) is 11.8 Å². The van der Waals surface area contributed by atoms with Crippen LogP contribution in [0.4, 0.5) is 0 Å². The van der Waals surface area contributed by atoms with E-state index in [2.05, 4.69) is 5.32 Å². The van der Waals surface area contributed by atoms with Gasteiger partial charge in [0.25, 0.3) is 0 Å². The molecule has 2 fully saturated rings. The van der Waals surface area contributed by atoms with Crippen molar-refractivity contribution in [3.05, 3.63) is 53.3 Å². The molecule has 1 aromatic rings. The molecule has 252 valence electrons. The van der Waals surface area contributed by atoms with E-state index in [9.17, 15) is 24.3 Å². The highest BCUT2D eigenvalue weighted by molar-refractivity contribution is 5.98. The molecule has 0 unspecified atom stereocenters. The molecular weight excluding hydrogens is 600 g/mol. The highest BCUT2D eigenvalue weighted by Gasteiger charge is 2.45. The summed E-state index contributed by atoms with van der Waals surface area (Å²) in [7, 11) is 0. The molecule has 0 aromatic heterocycles. The van der Waals surface area contributed by atoms with Crippen LogP contribution in [0.2, 0.25) is 0 Å². The number of likely N-dealkylation sites (tertiary alicyclic amines) is 1. The number of nitrogens with zero attached hydrogens (tertiary/aromatic N) is 1. The summed E-state index contributed by atoms with van der Waals surface area (Å²) in [4.78, 5) is 53.9. The second-order valence-electron chi connectivity index (χ2n) is 12.4. The first kappa shape index (κ1) is 35.1. The Hall–Kier alpha value is -3.78. The summed E-state index contributed by atoms with van der Waals surface area (Å²) in [5.41, 5.74) is 0.700. The maximum atomic E-state index is 13.8. The Kier molecular flexibility index (Phi) is 12.3. The number of nitrogens with one attached hydrogen (secondary N) is 1. The number of hydrogen-bond donors (Lipinski definition) is 3. The number of aliphatic hydroxyl groups excluding tert-OH is 2.